The molecule has 0 aromatic carbocycles. The molecule has 3 fully saturated rings. The number of methoxy groups -OCH3 is 1. The van der Waals surface area contributed by atoms with Gasteiger partial charge < -0.3 is 14.5 Å². The number of nitrogens with zero attached hydrogens (tertiary/aromatic N) is 4. The van der Waals surface area contributed by atoms with Crippen molar-refractivity contribution in [2.75, 3.05) is 26.7 Å². The minimum atomic E-state index is -4.64. The number of hydrogen-bond donors (Lipinski definition) is 0. The number of piperazine rings is 1. The lowest BCUT2D eigenvalue weighted by Gasteiger charge is -2.37. The summed E-state index contributed by atoms with van der Waals surface area (Å²) >= 11 is 6.38. The third kappa shape index (κ3) is 4.26. The van der Waals surface area contributed by atoms with Crippen molar-refractivity contribution in [1.82, 2.24) is 19.2 Å². The quantitative estimate of drug-likeness (QED) is 0.604. The highest BCUT2D eigenvalue weighted by molar-refractivity contribution is 6.33. The summed E-state index contributed by atoms with van der Waals surface area (Å²) < 4.78 is 47.7. The predicted octanol–water partition coefficient (Wildman–Crippen LogP) is 3.98. The van der Waals surface area contributed by atoms with Crippen LogP contribution in [0, 0.1) is 5.92 Å². The Morgan fingerprint density at radius 2 is 2.06 bits per heavy atom. The molecule has 2 aromatic heterocycles. The van der Waals surface area contributed by atoms with Crippen molar-refractivity contribution in [2.45, 2.75) is 56.8 Å². The summed E-state index contributed by atoms with van der Waals surface area (Å²) in [5.41, 5.74) is -1.06. The number of aromatic nitrogens is 2. The fraction of sp³-hybridized carbons (Fsp3) is 0.609. The van der Waals surface area contributed by atoms with Crippen LogP contribution >= 0.6 is 11.6 Å². The molecule has 3 unspecified atom stereocenters. The van der Waals surface area contributed by atoms with Crippen molar-refractivity contribution >= 4 is 29.1 Å². The van der Waals surface area contributed by atoms with Gasteiger partial charge in [-0.15, -0.1) is 0 Å². The SMILES string of the molecule is COC1CC1CC(C)N1CCN(C(=O)c2nc3c(C(F)(F)F)cc(C4CC4)cn3c2Cl)CC1=O. The van der Waals surface area contributed by atoms with Gasteiger partial charge in [0.15, 0.2) is 11.3 Å². The Labute approximate surface area is 199 Å². The van der Waals surface area contributed by atoms with Crippen LogP contribution in [0.3, 0.4) is 0 Å². The van der Waals surface area contributed by atoms with Crippen LogP contribution < -0.4 is 0 Å². The first-order chi connectivity index (χ1) is 16.1. The Morgan fingerprint density at radius 1 is 1.32 bits per heavy atom. The van der Waals surface area contributed by atoms with Crippen LogP contribution in [-0.4, -0.2) is 69.9 Å². The normalized spacial score (nSPS) is 24.1. The predicted molar refractivity (Wildman–Crippen MR) is 118 cm³/mol. The third-order valence-corrected chi connectivity index (χ3v) is 7.48. The van der Waals surface area contributed by atoms with Gasteiger partial charge in [0.25, 0.3) is 5.91 Å². The largest absolute Gasteiger partial charge is 0.419 e. The van der Waals surface area contributed by atoms with E-state index in [-0.39, 0.29) is 47.9 Å². The number of ether oxygens (including phenoxy) is 1. The van der Waals surface area contributed by atoms with Gasteiger partial charge in [0.05, 0.1) is 11.7 Å². The first kappa shape index (κ1) is 23.4. The minimum absolute atomic E-state index is 0.0175. The fourth-order valence-corrected chi connectivity index (χ4v) is 5.17. The molecule has 5 rings (SSSR count). The van der Waals surface area contributed by atoms with E-state index in [0.29, 0.717) is 18.0 Å². The number of halogens is 4. The van der Waals surface area contributed by atoms with Crippen LogP contribution in [0.4, 0.5) is 13.2 Å². The number of pyridine rings is 1. The number of alkyl halides is 3. The van der Waals surface area contributed by atoms with Crippen molar-refractivity contribution in [3.63, 3.8) is 0 Å². The highest BCUT2D eigenvalue weighted by atomic mass is 35.5. The highest BCUT2D eigenvalue weighted by Crippen LogP contribution is 2.43. The number of carbonyl (C=O) groups is 2. The van der Waals surface area contributed by atoms with Crippen molar-refractivity contribution in [2.24, 2.45) is 5.92 Å². The van der Waals surface area contributed by atoms with Gasteiger partial charge in [0.2, 0.25) is 5.91 Å². The minimum Gasteiger partial charge on any atom is -0.381 e. The summed E-state index contributed by atoms with van der Waals surface area (Å²) in [6.07, 6.45) is 0.603. The summed E-state index contributed by atoms with van der Waals surface area (Å²) in [5, 5.41) is -0.171. The highest BCUT2D eigenvalue weighted by Gasteiger charge is 2.41. The molecule has 3 aliphatic rings. The van der Waals surface area contributed by atoms with Gasteiger partial charge in [-0.2, -0.15) is 13.2 Å². The van der Waals surface area contributed by atoms with Crippen molar-refractivity contribution in [3.05, 3.63) is 34.2 Å². The average Bonchev–Trinajstić information content (AvgIpc) is 3.71. The molecule has 11 heteroatoms. The molecular formula is C23H26ClF3N4O3. The first-order valence-electron chi connectivity index (χ1n) is 11.5. The molecule has 34 heavy (non-hydrogen) atoms. The van der Waals surface area contributed by atoms with Gasteiger partial charge in [-0.05, 0) is 56.1 Å². The van der Waals surface area contributed by atoms with Crippen molar-refractivity contribution < 1.29 is 27.5 Å². The number of carbonyl (C=O) groups excluding carboxylic acids is 2. The smallest absolute Gasteiger partial charge is 0.381 e. The van der Waals surface area contributed by atoms with E-state index < -0.39 is 23.3 Å². The van der Waals surface area contributed by atoms with E-state index in [9.17, 15) is 22.8 Å². The number of imidazole rings is 1. The second kappa shape index (κ2) is 8.41. The Bertz CT molecular complexity index is 1150. The van der Waals surface area contributed by atoms with Gasteiger partial charge in [-0.3, -0.25) is 14.0 Å². The van der Waals surface area contributed by atoms with Crippen LogP contribution in [0.25, 0.3) is 5.65 Å². The van der Waals surface area contributed by atoms with Gasteiger partial charge in [-0.25, -0.2) is 4.98 Å². The monoisotopic (exact) mass is 498 g/mol. The van der Waals surface area contributed by atoms with E-state index in [1.165, 1.54) is 11.1 Å². The zero-order valence-electron chi connectivity index (χ0n) is 18.9. The molecule has 2 saturated carbocycles. The van der Waals surface area contributed by atoms with E-state index in [0.717, 1.165) is 36.2 Å². The molecule has 7 nitrogen and oxygen atoms in total. The van der Waals surface area contributed by atoms with E-state index in [1.807, 2.05) is 6.92 Å². The Balaban J connectivity index is 1.36. The maximum atomic E-state index is 13.7. The lowest BCUT2D eigenvalue weighted by Crippen LogP contribution is -2.55. The Morgan fingerprint density at radius 3 is 2.65 bits per heavy atom. The van der Waals surface area contributed by atoms with Crippen LogP contribution in [-0.2, 0) is 15.7 Å². The molecule has 2 aliphatic carbocycles. The second-order valence-corrected chi connectivity index (χ2v) is 9.93. The van der Waals surface area contributed by atoms with E-state index >= 15 is 0 Å². The molecule has 2 amide bonds. The Kier molecular flexibility index (Phi) is 5.79. The summed E-state index contributed by atoms with van der Waals surface area (Å²) in [6, 6.07) is 1.12. The standard InChI is InChI=1S/C23H26ClF3N4O3/c1-12(7-14-9-17(14)34-2)30-6-5-29(11-18(30)32)22(33)19-20(24)31-10-15(13-3-4-13)8-16(21(31)28-19)23(25,26)27/h8,10,12-14,17H,3-7,9,11H2,1-2H3. The third-order valence-electron chi connectivity index (χ3n) is 7.12. The van der Waals surface area contributed by atoms with Gasteiger partial charge in [-0.1, -0.05) is 11.6 Å². The van der Waals surface area contributed by atoms with E-state index in [4.69, 9.17) is 16.3 Å². The van der Waals surface area contributed by atoms with Gasteiger partial charge in [0, 0.05) is 32.4 Å². The molecule has 1 aliphatic heterocycles. The van der Waals surface area contributed by atoms with Crippen LogP contribution in [0.15, 0.2) is 12.3 Å². The molecular weight excluding hydrogens is 473 g/mol. The number of fused-ring (bicyclic) bond motifs is 1. The van der Waals surface area contributed by atoms with Gasteiger partial charge in [0.1, 0.15) is 11.7 Å². The van der Waals surface area contributed by atoms with E-state index in [1.54, 1.807) is 12.0 Å². The zero-order chi connectivity index (χ0) is 24.4. The lowest BCUT2D eigenvalue weighted by atomic mass is 10.1. The molecule has 3 atom stereocenters. The topological polar surface area (TPSA) is 67.2 Å². The summed E-state index contributed by atoms with van der Waals surface area (Å²) in [7, 11) is 1.68. The van der Waals surface area contributed by atoms with Crippen LogP contribution in [0.1, 0.15) is 60.1 Å². The molecule has 0 spiro atoms. The molecule has 0 N–H and O–H groups in total. The van der Waals surface area contributed by atoms with Gasteiger partial charge >= 0.3 is 6.18 Å². The molecule has 2 aromatic rings. The van der Waals surface area contributed by atoms with Crippen LogP contribution in [0.2, 0.25) is 5.15 Å². The van der Waals surface area contributed by atoms with Crippen molar-refractivity contribution in [1.29, 1.82) is 0 Å². The fourth-order valence-electron chi connectivity index (χ4n) is 4.92. The molecule has 184 valence electrons. The first-order valence-corrected chi connectivity index (χ1v) is 11.9. The summed E-state index contributed by atoms with van der Waals surface area (Å²) in [4.78, 5) is 33.0. The van der Waals surface area contributed by atoms with Crippen LogP contribution in [0.5, 0.6) is 0 Å². The maximum Gasteiger partial charge on any atom is 0.419 e. The molecule has 0 radical (unpaired) electrons. The van der Waals surface area contributed by atoms with Crippen molar-refractivity contribution in [3.8, 4) is 0 Å². The second-order valence-electron chi connectivity index (χ2n) is 9.57. The molecule has 3 heterocycles. The number of rotatable bonds is 6. The molecule has 0 bridgehead atoms. The zero-order valence-corrected chi connectivity index (χ0v) is 19.7. The Hall–Kier alpha value is -2.33. The summed E-state index contributed by atoms with van der Waals surface area (Å²) in [5.74, 6) is -0.344. The average molecular weight is 499 g/mol. The number of hydrogen-bond acceptors (Lipinski definition) is 4. The van der Waals surface area contributed by atoms with E-state index in [2.05, 4.69) is 4.98 Å². The number of amides is 2. The summed E-state index contributed by atoms with van der Waals surface area (Å²) in [6.45, 7) is 2.43. The molecule has 1 saturated heterocycles. The lowest BCUT2D eigenvalue weighted by molar-refractivity contribution is -0.137. The maximum absolute atomic E-state index is 13.7.